The molecule has 0 nitrogen and oxygen atoms in total. The van der Waals surface area contributed by atoms with E-state index >= 15 is 0 Å². The van der Waals surface area contributed by atoms with Gasteiger partial charge in [0, 0.05) is 0 Å². The Morgan fingerprint density at radius 2 is 1.17 bits per heavy atom. The van der Waals surface area contributed by atoms with Crippen LogP contribution in [0.2, 0.25) is 0 Å². The lowest BCUT2D eigenvalue weighted by Crippen LogP contribution is -2.12. The summed E-state index contributed by atoms with van der Waals surface area (Å²) in [6, 6.07) is 24.2. The third-order valence-electron chi connectivity index (χ3n) is 4.84. The first-order valence-corrected chi connectivity index (χ1v) is 8.64. The summed E-state index contributed by atoms with van der Waals surface area (Å²) in [5.74, 6) is 0. The van der Waals surface area contributed by atoms with Crippen LogP contribution in [0.15, 0.2) is 66.7 Å². The van der Waals surface area contributed by atoms with Crippen molar-refractivity contribution >= 4 is 0 Å². The highest BCUT2D eigenvalue weighted by Gasteiger charge is 2.17. The second-order valence-corrected chi connectivity index (χ2v) is 7.66. The maximum absolute atomic E-state index is 2.36. The normalized spacial score (nSPS) is 11.5. The molecule has 0 fully saturated rings. The van der Waals surface area contributed by atoms with Crippen LogP contribution in [0.4, 0.5) is 0 Å². The van der Waals surface area contributed by atoms with Gasteiger partial charge in [-0.1, -0.05) is 87.5 Å². The number of hydrogen-bond donors (Lipinski definition) is 0. The maximum Gasteiger partial charge on any atom is -0.0132 e. The summed E-state index contributed by atoms with van der Waals surface area (Å²) < 4.78 is 0. The Hall–Kier alpha value is -2.34. The molecule has 0 aliphatic heterocycles. The van der Waals surface area contributed by atoms with Crippen LogP contribution < -0.4 is 0 Å². The lowest BCUT2D eigenvalue weighted by Gasteiger charge is -2.22. The molecule has 0 saturated heterocycles. The molecule has 122 valence electrons. The standard InChI is InChI=1S/C24H26/c1-17-15-22(24(3,4)5)16-23(18(17)2)21-13-11-20(12-14-21)19-9-7-6-8-10-19/h6-16H,1-5H3. The molecule has 3 aromatic carbocycles. The number of aryl methyl sites for hydroxylation is 1. The summed E-state index contributed by atoms with van der Waals surface area (Å²) in [6.07, 6.45) is 0. The quantitative estimate of drug-likeness (QED) is 0.481. The van der Waals surface area contributed by atoms with E-state index in [0.717, 1.165) is 0 Å². The van der Waals surface area contributed by atoms with Gasteiger partial charge in [0.2, 0.25) is 0 Å². The van der Waals surface area contributed by atoms with Crippen LogP contribution in [0.25, 0.3) is 22.3 Å². The third kappa shape index (κ3) is 3.28. The van der Waals surface area contributed by atoms with Gasteiger partial charge in [0.1, 0.15) is 0 Å². The smallest absolute Gasteiger partial charge is 0.0132 e. The second kappa shape index (κ2) is 6.28. The number of rotatable bonds is 2. The molecule has 24 heavy (non-hydrogen) atoms. The molecule has 3 rings (SSSR count). The minimum atomic E-state index is 0.164. The molecule has 0 bridgehead atoms. The minimum absolute atomic E-state index is 0.164. The van der Waals surface area contributed by atoms with Crippen LogP contribution >= 0.6 is 0 Å². The van der Waals surface area contributed by atoms with Crippen LogP contribution in [0.5, 0.6) is 0 Å². The lowest BCUT2D eigenvalue weighted by molar-refractivity contribution is 0.590. The molecule has 3 aromatic rings. The van der Waals surface area contributed by atoms with Gasteiger partial charge in [0.25, 0.3) is 0 Å². The Kier molecular flexibility index (Phi) is 4.32. The first kappa shape index (κ1) is 16.5. The maximum atomic E-state index is 2.36. The molecule has 0 aliphatic carbocycles. The topological polar surface area (TPSA) is 0 Å². The molecule has 0 heteroatoms. The van der Waals surface area contributed by atoms with Crippen molar-refractivity contribution in [2.45, 2.75) is 40.0 Å². The first-order chi connectivity index (χ1) is 11.4. The van der Waals surface area contributed by atoms with Crippen LogP contribution in [0, 0.1) is 13.8 Å². The summed E-state index contributed by atoms with van der Waals surface area (Å²) >= 11 is 0. The van der Waals surface area contributed by atoms with Gasteiger partial charge in [-0.15, -0.1) is 0 Å². The van der Waals surface area contributed by atoms with Gasteiger partial charge in [0.05, 0.1) is 0 Å². The van der Waals surface area contributed by atoms with E-state index in [9.17, 15) is 0 Å². The van der Waals surface area contributed by atoms with Crippen molar-refractivity contribution in [3.05, 3.63) is 83.4 Å². The molecular formula is C24H26. The van der Waals surface area contributed by atoms with Gasteiger partial charge in [-0.25, -0.2) is 0 Å². The van der Waals surface area contributed by atoms with Crippen molar-refractivity contribution in [3.63, 3.8) is 0 Å². The summed E-state index contributed by atoms with van der Waals surface area (Å²) in [5, 5.41) is 0. The SMILES string of the molecule is Cc1cc(C(C)(C)C)cc(-c2ccc(-c3ccccc3)cc2)c1C. The van der Waals surface area contributed by atoms with E-state index in [4.69, 9.17) is 0 Å². The highest BCUT2D eigenvalue weighted by atomic mass is 14.2. The molecule has 0 radical (unpaired) electrons. The summed E-state index contributed by atoms with van der Waals surface area (Å²) in [6.45, 7) is 11.3. The van der Waals surface area contributed by atoms with Crippen molar-refractivity contribution < 1.29 is 0 Å². The minimum Gasteiger partial charge on any atom is -0.0622 e. The van der Waals surface area contributed by atoms with Gasteiger partial charge in [-0.2, -0.15) is 0 Å². The largest absolute Gasteiger partial charge is 0.0622 e. The average Bonchev–Trinajstić information content (AvgIpc) is 2.57. The van der Waals surface area contributed by atoms with Gasteiger partial charge >= 0.3 is 0 Å². The Morgan fingerprint density at radius 3 is 1.75 bits per heavy atom. The fraction of sp³-hybridized carbons (Fsp3) is 0.250. The van der Waals surface area contributed by atoms with E-state index in [1.807, 2.05) is 0 Å². The van der Waals surface area contributed by atoms with Crippen molar-refractivity contribution in [2.24, 2.45) is 0 Å². The average molecular weight is 314 g/mol. The zero-order valence-electron chi connectivity index (χ0n) is 15.4. The zero-order chi connectivity index (χ0) is 17.3. The third-order valence-corrected chi connectivity index (χ3v) is 4.84. The molecule has 0 spiro atoms. The van der Waals surface area contributed by atoms with Gasteiger partial charge in [0.15, 0.2) is 0 Å². The number of hydrogen-bond acceptors (Lipinski definition) is 0. The van der Waals surface area contributed by atoms with Gasteiger partial charge < -0.3 is 0 Å². The Bertz CT molecular complexity index is 832. The molecule has 0 amide bonds. The van der Waals surface area contributed by atoms with Crippen LogP contribution in [-0.2, 0) is 5.41 Å². The van der Waals surface area contributed by atoms with Crippen molar-refractivity contribution in [1.29, 1.82) is 0 Å². The zero-order valence-corrected chi connectivity index (χ0v) is 15.4. The summed E-state index contributed by atoms with van der Waals surface area (Å²) in [5.41, 5.74) is 9.46. The Labute approximate surface area is 146 Å². The molecule has 0 aliphatic rings. The summed E-state index contributed by atoms with van der Waals surface area (Å²) in [7, 11) is 0. The fourth-order valence-electron chi connectivity index (χ4n) is 3.07. The molecule has 0 N–H and O–H groups in total. The summed E-state index contributed by atoms with van der Waals surface area (Å²) in [4.78, 5) is 0. The molecule has 0 atom stereocenters. The Morgan fingerprint density at radius 1 is 0.625 bits per heavy atom. The van der Waals surface area contributed by atoms with E-state index in [1.54, 1.807) is 0 Å². The lowest BCUT2D eigenvalue weighted by atomic mass is 9.82. The predicted molar refractivity (Wildman–Crippen MR) is 105 cm³/mol. The van der Waals surface area contributed by atoms with E-state index in [0.29, 0.717) is 0 Å². The van der Waals surface area contributed by atoms with Crippen molar-refractivity contribution in [3.8, 4) is 22.3 Å². The van der Waals surface area contributed by atoms with E-state index in [2.05, 4.69) is 101 Å². The van der Waals surface area contributed by atoms with Gasteiger partial charge in [-0.3, -0.25) is 0 Å². The van der Waals surface area contributed by atoms with Gasteiger partial charge in [-0.05, 0) is 58.2 Å². The predicted octanol–water partition coefficient (Wildman–Crippen LogP) is 6.93. The van der Waals surface area contributed by atoms with E-state index in [1.165, 1.54) is 38.9 Å². The monoisotopic (exact) mass is 314 g/mol. The molecular weight excluding hydrogens is 288 g/mol. The molecule has 0 aromatic heterocycles. The number of benzene rings is 3. The van der Waals surface area contributed by atoms with Crippen LogP contribution in [0.3, 0.4) is 0 Å². The fourth-order valence-corrected chi connectivity index (χ4v) is 3.07. The van der Waals surface area contributed by atoms with Crippen LogP contribution in [0.1, 0.15) is 37.5 Å². The highest BCUT2D eigenvalue weighted by Crippen LogP contribution is 2.33. The van der Waals surface area contributed by atoms with E-state index in [-0.39, 0.29) is 5.41 Å². The Balaban J connectivity index is 2.05. The molecule has 0 unspecified atom stereocenters. The first-order valence-electron chi connectivity index (χ1n) is 8.64. The van der Waals surface area contributed by atoms with Crippen molar-refractivity contribution in [1.82, 2.24) is 0 Å². The van der Waals surface area contributed by atoms with Crippen molar-refractivity contribution in [2.75, 3.05) is 0 Å². The highest BCUT2D eigenvalue weighted by molar-refractivity contribution is 5.73. The second-order valence-electron chi connectivity index (χ2n) is 7.66. The molecule has 0 saturated carbocycles. The van der Waals surface area contributed by atoms with Crippen LogP contribution in [-0.4, -0.2) is 0 Å². The van der Waals surface area contributed by atoms with E-state index < -0.39 is 0 Å². The molecule has 0 heterocycles.